The number of pyridine rings is 1. The van der Waals surface area contributed by atoms with Crippen LogP contribution in [0.5, 0.6) is 11.5 Å². The highest BCUT2D eigenvalue weighted by Crippen LogP contribution is 2.34. The highest BCUT2D eigenvalue weighted by Gasteiger charge is 2.20. The number of nitrogens with one attached hydrogen (secondary N) is 1. The number of aromatic nitrogens is 3. The molecule has 0 amide bonds. The zero-order valence-corrected chi connectivity index (χ0v) is 15.1. The molecule has 28 heavy (non-hydrogen) atoms. The smallest absolute Gasteiger partial charge is 0.320 e. The lowest BCUT2D eigenvalue weighted by Gasteiger charge is -2.28. The van der Waals surface area contributed by atoms with E-state index in [0.29, 0.717) is 44.1 Å². The molecule has 0 saturated carbocycles. The van der Waals surface area contributed by atoms with Gasteiger partial charge in [-0.15, -0.1) is 5.10 Å². The summed E-state index contributed by atoms with van der Waals surface area (Å²) in [4.78, 5) is 6.68. The van der Waals surface area contributed by atoms with E-state index < -0.39 is 0 Å². The van der Waals surface area contributed by atoms with Crippen LogP contribution in [0.15, 0.2) is 40.9 Å². The summed E-state index contributed by atoms with van der Waals surface area (Å²) in [5, 5.41) is 11.4. The maximum absolute atomic E-state index is 5.85. The summed E-state index contributed by atoms with van der Waals surface area (Å²) in [6.45, 7) is 4.00. The molecule has 0 radical (unpaired) electrons. The Morgan fingerprint density at radius 2 is 1.79 bits per heavy atom. The second kappa shape index (κ2) is 7.35. The first-order chi connectivity index (χ1) is 13.9. The Labute approximate surface area is 161 Å². The minimum atomic E-state index is 0.295. The molecule has 0 atom stereocenters. The minimum Gasteiger partial charge on any atom is -0.486 e. The van der Waals surface area contributed by atoms with Crippen LogP contribution in [0.2, 0.25) is 0 Å². The topological polar surface area (TPSA) is 94.8 Å². The molecule has 3 aromatic rings. The third-order valence-electron chi connectivity index (χ3n) is 4.55. The maximum Gasteiger partial charge on any atom is 0.320 e. The monoisotopic (exact) mass is 381 g/mol. The van der Waals surface area contributed by atoms with Gasteiger partial charge in [0.25, 0.3) is 5.89 Å². The minimum absolute atomic E-state index is 0.295. The first-order valence-electron chi connectivity index (χ1n) is 9.15. The summed E-state index contributed by atoms with van der Waals surface area (Å²) in [7, 11) is 0. The number of morpholine rings is 1. The van der Waals surface area contributed by atoms with Gasteiger partial charge in [0.1, 0.15) is 19.0 Å². The van der Waals surface area contributed by atoms with E-state index in [4.69, 9.17) is 18.6 Å². The van der Waals surface area contributed by atoms with Crippen molar-refractivity contribution in [3.05, 3.63) is 36.5 Å². The van der Waals surface area contributed by atoms with Crippen molar-refractivity contribution in [3.63, 3.8) is 0 Å². The van der Waals surface area contributed by atoms with Gasteiger partial charge in [-0.05, 0) is 24.3 Å². The molecule has 9 nitrogen and oxygen atoms in total. The van der Waals surface area contributed by atoms with Crippen LogP contribution < -0.4 is 19.7 Å². The number of fused-ring (bicyclic) bond motifs is 1. The SMILES string of the molecule is c1cnc(N2CCOCC2)c(-c2nnc(Nc3ccc4c(c3)OCCO4)o2)c1. The molecule has 2 aliphatic rings. The van der Waals surface area contributed by atoms with Crippen molar-refractivity contribution >= 4 is 17.5 Å². The first kappa shape index (κ1) is 16.8. The van der Waals surface area contributed by atoms with Crippen molar-refractivity contribution in [2.45, 2.75) is 0 Å². The zero-order valence-electron chi connectivity index (χ0n) is 15.1. The standard InChI is InChI=1S/C19H19N5O4/c1-2-14(17(20-5-1)24-6-8-25-9-7-24)18-22-23-19(28-18)21-13-3-4-15-16(12-13)27-11-10-26-15/h1-5,12H,6-11H2,(H,21,23). The largest absolute Gasteiger partial charge is 0.486 e. The van der Waals surface area contributed by atoms with E-state index in [1.807, 2.05) is 30.3 Å². The van der Waals surface area contributed by atoms with Crippen LogP contribution in [-0.2, 0) is 4.74 Å². The van der Waals surface area contributed by atoms with Crippen molar-refractivity contribution in [2.75, 3.05) is 49.7 Å². The van der Waals surface area contributed by atoms with Crippen molar-refractivity contribution in [3.8, 4) is 23.0 Å². The lowest BCUT2D eigenvalue weighted by Crippen LogP contribution is -2.37. The highest BCUT2D eigenvalue weighted by atomic mass is 16.6. The summed E-state index contributed by atoms with van der Waals surface area (Å²) in [5.74, 6) is 2.65. The molecule has 0 aliphatic carbocycles. The number of benzene rings is 1. The molecule has 9 heteroatoms. The second-order valence-electron chi connectivity index (χ2n) is 6.37. The number of rotatable bonds is 4. The molecule has 0 bridgehead atoms. The van der Waals surface area contributed by atoms with Gasteiger partial charge in [-0.2, -0.15) is 0 Å². The Kier molecular flexibility index (Phi) is 4.42. The fraction of sp³-hybridized carbons (Fsp3) is 0.316. The van der Waals surface area contributed by atoms with Gasteiger partial charge >= 0.3 is 6.01 Å². The molecule has 4 heterocycles. The lowest BCUT2D eigenvalue weighted by molar-refractivity contribution is 0.122. The van der Waals surface area contributed by atoms with Crippen molar-refractivity contribution in [2.24, 2.45) is 0 Å². The normalized spacial score (nSPS) is 16.1. The molecule has 1 N–H and O–H groups in total. The zero-order chi connectivity index (χ0) is 18.8. The van der Waals surface area contributed by atoms with E-state index in [1.54, 1.807) is 6.20 Å². The molecule has 1 aromatic carbocycles. The molecular weight excluding hydrogens is 362 g/mol. The second-order valence-corrected chi connectivity index (χ2v) is 6.37. The van der Waals surface area contributed by atoms with E-state index in [1.165, 1.54) is 0 Å². The average Bonchev–Trinajstić information content (AvgIpc) is 3.22. The molecule has 1 fully saturated rings. The van der Waals surface area contributed by atoms with Gasteiger partial charge in [0.05, 0.1) is 18.8 Å². The third kappa shape index (κ3) is 3.31. The molecule has 2 aliphatic heterocycles. The van der Waals surface area contributed by atoms with E-state index in [2.05, 4.69) is 25.4 Å². The number of anilines is 3. The summed E-state index contributed by atoms with van der Waals surface area (Å²) in [5.41, 5.74) is 1.58. The molecule has 5 rings (SSSR count). The summed E-state index contributed by atoms with van der Waals surface area (Å²) in [6.07, 6.45) is 1.76. The molecule has 144 valence electrons. The van der Waals surface area contributed by atoms with Gasteiger partial charge in [0.2, 0.25) is 0 Å². The summed E-state index contributed by atoms with van der Waals surface area (Å²) >= 11 is 0. The Bertz CT molecular complexity index is 970. The number of nitrogens with zero attached hydrogens (tertiary/aromatic N) is 4. The van der Waals surface area contributed by atoms with Crippen LogP contribution in [-0.4, -0.2) is 54.7 Å². The van der Waals surface area contributed by atoms with Crippen molar-refractivity contribution < 1.29 is 18.6 Å². The van der Waals surface area contributed by atoms with Crippen LogP contribution in [0.4, 0.5) is 17.5 Å². The van der Waals surface area contributed by atoms with Crippen molar-refractivity contribution in [1.29, 1.82) is 0 Å². The molecule has 2 aromatic heterocycles. The van der Waals surface area contributed by atoms with Crippen molar-refractivity contribution in [1.82, 2.24) is 15.2 Å². The van der Waals surface area contributed by atoms with Crippen LogP contribution in [0.25, 0.3) is 11.5 Å². The van der Waals surface area contributed by atoms with Crippen LogP contribution >= 0.6 is 0 Å². The average molecular weight is 381 g/mol. The van der Waals surface area contributed by atoms with E-state index in [-0.39, 0.29) is 0 Å². The molecule has 1 saturated heterocycles. The van der Waals surface area contributed by atoms with Gasteiger partial charge in [0, 0.05) is 31.0 Å². The van der Waals surface area contributed by atoms with Crippen LogP contribution in [0.3, 0.4) is 0 Å². The number of hydrogen-bond acceptors (Lipinski definition) is 9. The van der Waals surface area contributed by atoms with Crippen LogP contribution in [0, 0.1) is 0 Å². The van der Waals surface area contributed by atoms with E-state index in [0.717, 1.165) is 35.9 Å². The summed E-state index contributed by atoms with van der Waals surface area (Å²) in [6, 6.07) is 9.66. The Morgan fingerprint density at radius 3 is 2.68 bits per heavy atom. The Balaban J connectivity index is 1.38. The lowest BCUT2D eigenvalue weighted by atomic mass is 10.2. The fourth-order valence-corrected chi connectivity index (χ4v) is 3.22. The number of hydrogen-bond donors (Lipinski definition) is 1. The molecule has 0 unspecified atom stereocenters. The van der Waals surface area contributed by atoms with E-state index in [9.17, 15) is 0 Å². The summed E-state index contributed by atoms with van der Waals surface area (Å²) < 4.78 is 22.4. The van der Waals surface area contributed by atoms with E-state index >= 15 is 0 Å². The van der Waals surface area contributed by atoms with Gasteiger partial charge in [-0.1, -0.05) is 5.10 Å². The van der Waals surface area contributed by atoms with Gasteiger partial charge in [-0.25, -0.2) is 4.98 Å². The predicted molar refractivity (Wildman–Crippen MR) is 101 cm³/mol. The highest BCUT2D eigenvalue weighted by molar-refractivity contribution is 5.70. The van der Waals surface area contributed by atoms with Gasteiger partial charge < -0.3 is 28.8 Å². The fourth-order valence-electron chi connectivity index (χ4n) is 3.22. The Morgan fingerprint density at radius 1 is 0.929 bits per heavy atom. The quantitative estimate of drug-likeness (QED) is 0.731. The maximum atomic E-state index is 5.85. The number of ether oxygens (including phenoxy) is 3. The first-order valence-corrected chi connectivity index (χ1v) is 9.15. The van der Waals surface area contributed by atoms with Gasteiger partial charge in [0.15, 0.2) is 11.5 Å². The molecular formula is C19H19N5O4. The molecule has 0 spiro atoms. The Hall–Kier alpha value is -3.33. The van der Waals surface area contributed by atoms with Crippen LogP contribution in [0.1, 0.15) is 0 Å². The predicted octanol–water partition coefficient (Wildman–Crippen LogP) is 2.48. The third-order valence-corrected chi connectivity index (χ3v) is 4.55. The van der Waals surface area contributed by atoms with Gasteiger partial charge in [-0.3, -0.25) is 0 Å².